The number of rotatable bonds is 5. The molecule has 0 atom stereocenters. The van der Waals surface area contributed by atoms with Gasteiger partial charge in [-0.3, -0.25) is 14.3 Å². The average molecular weight is 349 g/mol. The Hall–Kier alpha value is -3.48. The fourth-order valence-electron chi connectivity index (χ4n) is 2.53. The van der Waals surface area contributed by atoms with Crippen molar-refractivity contribution in [2.24, 2.45) is 7.05 Å². The predicted octanol–water partition coefficient (Wildman–Crippen LogP) is 2.02. The topological polar surface area (TPSA) is 88.9 Å². The van der Waals surface area contributed by atoms with E-state index in [4.69, 9.17) is 0 Å². The second-order valence-electron chi connectivity index (χ2n) is 5.80. The number of benzene rings is 1. The van der Waals surface area contributed by atoms with Gasteiger partial charge in [0.25, 0.3) is 11.8 Å². The number of nitrogens with zero attached hydrogens (tertiary/aromatic N) is 3. The van der Waals surface area contributed by atoms with Gasteiger partial charge in [0.2, 0.25) is 0 Å². The fraction of sp³-hybridized carbons (Fsp3) is 0.158. The maximum atomic E-state index is 12.6. The van der Waals surface area contributed by atoms with Crippen molar-refractivity contribution >= 4 is 17.6 Å². The SMILES string of the molecule is CNC(=O)c1cc(C(=O)Nc2ccn(C)n2)cc(Cc2ccccc2)n1. The van der Waals surface area contributed by atoms with E-state index < -0.39 is 0 Å². The number of nitrogens with one attached hydrogen (secondary N) is 2. The number of aryl methyl sites for hydroxylation is 1. The summed E-state index contributed by atoms with van der Waals surface area (Å²) in [4.78, 5) is 29.0. The lowest BCUT2D eigenvalue weighted by atomic mass is 10.1. The zero-order valence-corrected chi connectivity index (χ0v) is 14.6. The summed E-state index contributed by atoms with van der Waals surface area (Å²) in [5.74, 6) is -0.238. The molecule has 2 heterocycles. The first-order valence-electron chi connectivity index (χ1n) is 8.13. The lowest BCUT2D eigenvalue weighted by Gasteiger charge is -2.09. The normalized spacial score (nSPS) is 10.4. The minimum Gasteiger partial charge on any atom is -0.354 e. The van der Waals surface area contributed by atoms with Crippen molar-refractivity contribution in [1.29, 1.82) is 0 Å². The van der Waals surface area contributed by atoms with Crippen molar-refractivity contribution in [2.75, 3.05) is 12.4 Å². The summed E-state index contributed by atoms with van der Waals surface area (Å²) in [5.41, 5.74) is 2.25. The molecule has 132 valence electrons. The van der Waals surface area contributed by atoms with Gasteiger partial charge in [-0.2, -0.15) is 5.10 Å². The maximum Gasteiger partial charge on any atom is 0.269 e. The number of carbonyl (C=O) groups is 2. The van der Waals surface area contributed by atoms with Crippen LogP contribution in [0, 0.1) is 0 Å². The van der Waals surface area contributed by atoms with Crippen LogP contribution in [0.5, 0.6) is 0 Å². The fourth-order valence-corrected chi connectivity index (χ4v) is 2.53. The van der Waals surface area contributed by atoms with Gasteiger partial charge < -0.3 is 10.6 Å². The van der Waals surface area contributed by atoms with E-state index in [1.54, 1.807) is 30.1 Å². The molecule has 2 amide bonds. The third-order valence-corrected chi connectivity index (χ3v) is 3.78. The van der Waals surface area contributed by atoms with Crippen LogP contribution in [-0.2, 0) is 13.5 Å². The zero-order valence-electron chi connectivity index (χ0n) is 14.6. The van der Waals surface area contributed by atoms with Gasteiger partial charge in [-0.15, -0.1) is 0 Å². The van der Waals surface area contributed by atoms with E-state index in [9.17, 15) is 9.59 Å². The van der Waals surface area contributed by atoms with Gasteiger partial charge in [-0.05, 0) is 17.7 Å². The first-order valence-corrected chi connectivity index (χ1v) is 8.13. The largest absolute Gasteiger partial charge is 0.354 e. The van der Waals surface area contributed by atoms with E-state index in [0.29, 0.717) is 23.5 Å². The van der Waals surface area contributed by atoms with Crippen molar-refractivity contribution in [3.63, 3.8) is 0 Å². The van der Waals surface area contributed by atoms with Gasteiger partial charge in [-0.25, -0.2) is 4.98 Å². The molecule has 26 heavy (non-hydrogen) atoms. The molecule has 0 fully saturated rings. The highest BCUT2D eigenvalue weighted by atomic mass is 16.2. The van der Waals surface area contributed by atoms with Crippen molar-refractivity contribution in [3.8, 4) is 0 Å². The molecule has 0 saturated heterocycles. The minimum atomic E-state index is -0.342. The van der Waals surface area contributed by atoms with E-state index in [0.717, 1.165) is 5.56 Å². The van der Waals surface area contributed by atoms with E-state index in [1.165, 1.54) is 13.1 Å². The third kappa shape index (κ3) is 4.13. The van der Waals surface area contributed by atoms with Crippen LogP contribution in [0.15, 0.2) is 54.7 Å². The average Bonchev–Trinajstić information content (AvgIpc) is 3.06. The molecule has 7 heteroatoms. The van der Waals surface area contributed by atoms with E-state index >= 15 is 0 Å². The summed E-state index contributed by atoms with van der Waals surface area (Å²) >= 11 is 0. The third-order valence-electron chi connectivity index (χ3n) is 3.78. The van der Waals surface area contributed by atoms with Gasteiger partial charge in [-0.1, -0.05) is 30.3 Å². The summed E-state index contributed by atoms with van der Waals surface area (Å²) in [7, 11) is 3.30. The standard InChI is InChI=1S/C19H19N5O2/c1-20-19(26)16-12-14(18(25)22-17-8-9-24(2)23-17)11-15(21-16)10-13-6-4-3-5-7-13/h3-9,11-12H,10H2,1-2H3,(H,20,26)(H,22,23,25). The molecule has 2 N–H and O–H groups in total. The van der Waals surface area contributed by atoms with Gasteiger partial charge in [0, 0.05) is 44.0 Å². The number of amides is 2. The second-order valence-corrected chi connectivity index (χ2v) is 5.80. The predicted molar refractivity (Wildman–Crippen MR) is 98.0 cm³/mol. The molecule has 0 unspecified atom stereocenters. The Morgan fingerprint density at radius 2 is 1.85 bits per heavy atom. The van der Waals surface area contributed by atoms with Crippen LogP contribution in [0.2, 0.25) is 0 Å². The molecule has 0 aliphatic heterocycles. The maximum absolute atomic E-state index is 12.6. The molecule has 3 aromatic rings. The molecule has 0 saturated carbocycles. The molecule has 0 aliphatic rings. The first kappa shape index (κ1) is 17.3. The Kier molecular flexibility index (Phi) is 5.07. The van der Waals surface area contributed by atoms with Crippen LogP contribution >= 0.6 is 0 Å². The molecule has 0 bridgehead atoms. The molecule has 0 radical (unpaired) electrons. The number of hydrogen-bond donors (Lipinski definition) is 2. The van der Waals surface area contributed by atoms with E-state index in [2.05, 4.69) is 20.7 Å². The number of anilines is 1. The molecule has 7 nitrogen and oxygen atoms in total. The van der Waals surface area contributed by atoms with Crippen molar-refractivity contribution in [3.05, 3.63) is 77.2 Å². The van der Waals surface area contributed by atoms with Crippen molar-refractivity contribution < 1.29 is 9.59 Å². The summed E-state index contributed by atoms with van der Waals surface area (Å²) in [6.07, 6.45) is 2.26. The number of carbonyl (C=O) groups excluding carboxylic acids is 2. The van der Waals surface area contributed by atoms with Crippen LogP contribution in [0.25, 0.3) is 0 Å². The lowest BCUT2D eigenvalue weighted by molar-refractivity contribution is 0.0958. The Morgan fingerprint density at radius 3 is 2.50 bits per heavy atom. The molecule has 0 spiro atoms. The molecular weight excluding hydrogens is 330 g/mol. The van der Waals surface area contributed by atoms with Gasteiger partial charge in [0.1, 0.15) is 5.69 Å². The number of aromatic nitrogens is 3. The molecule has 2 aromatic heterocycles. The Labute approximate surface area is 151 Å². The minimum absolute atomic E-state index is 0.201. The molecule has 0 aliphatic carbocycles. The van der Waals surface area contributed by atoms with Gasteiger partial charge >= 0.3 is 0 Å². The second kappa shape index (κ2) is 7.60. The smallest absolute Gasteiger partial charge is 0.269 e. The summed E-state index contributed by atoms with van der Waals surface area (Å²) in [6.45, 7) is 0. The highest BCUT2D eigenvalue weighted by molar-refractivity contribution is 6.05. The van der Waals surface area contributed by atoms with E-state index in [-0.39, 0.29) is 17.5 Å². The van der Waals surface area contributed by atoms with E-state index in [1.807, 2.05) is 30.3 Å². The molecule has 3 rings (SSSR count). The highest BCUT2D eigenvalue weighted by Gasteiger charge is 2.15. The van der Waals surface area contributed by atoms with Crippen LogP contribution in [0.3, 0.4) is 0 Å². The molecular formula is C19H19N5O2. The van der Waals surface area contributed by atoms with Crippen molar-refractivity contribution in [1.82, 2.24) is 20.1 Å². The van der Waals surface area contributed by atoms with Crippen molar-refractivity contribution in [2.45, 2.75) is 6.42 Å². The summed E-state index contributed by atoms with van der Waals surface area (Å²) < 4.78 is 1.60. The van der Waals surface area contributed by atoms with Crippen LogP contribution in [-0.4, -0.2) is 33.6 Å². The number of pyridine rings is 1. The molecule has 1 aromatic carbocycles. The monoisotopic (exact) mass is 349 g/mol. The van der Waals surface area contributed by atoms with Gasteiger partial charge in [0.05, 0.1) is 0 Å². The Bertz CT molecular complexity index is 934. The summed E-state index contributed by atoms with van der Waals surface area (Å²) in [6, 6.07) is 14.6. The highest BCUT2D eigenvalue weighted by Crippen LogP contribution is 2.13. The Balaban J connectivity index is 1.91. The van der Waals surface area contributed by atoms with Gasteiger partial charge in [0.15, 0.2) is 5.82 Å². The van der Waals surface area contributed by atoms with Crippen LogP contribution in [0.4, 0.5) is 5.82 Å². The van der Waals surface area contributed by atoms with Crippen LogP contribution < -0.4 is 10.6 Å². The zero-order chi connectivity index (χ0) is 18.5. The quantitative estimate of drug-likeness (QED) is 0.737. The lowest BCUT2D eigenvalue weighted by Crippen LogP contribution is -2.22. The Morgan fingerprint density at radius 1 is 1.08 bits per heavy atom. The summed E-state index contributed by atoms with van der Waals surface area (Å²) in [5, 5.41) is 9.40. The van der Waals surface area contributed by atoms with Crippen LogP contribution in [0.1, 0.15) is 32.1 Å². The first-order chi connectivity index (χ1) is 12.5. The number of hydrogen-bond acceptors (Lipinski definition) is 4.